The van der Waals surface area contributed by atoms with Crippen molar-refractivity contribution in [2.45, 2.75) is 39.0 Å². The Hall–Kier alpha value is -1.14. The summed E-state index contributed by atoms with van der Waals surface area (Å²) in [5.41, 5.74) is 0. The highest BCUT2D eigenvalue weighted by Crippen LogP contribution is 1.97. The Balaban J connectivity index is 2.36. The molecule has 1 rings (SSSR count). The Bertz CT molecular complexity index is 275. The lowest BCUT2D eigenvalue weighted by Gasteiger charge is -2.24. The topological polar surface area (TPSA) is 79.5 Å². The second kappa shape index (κ2) is 6.56. The highest BCUT2D eigenvalue weighted by Gasteiger charge is 2.25. The van der Waals surface area contributed by atoms with E-state index in [-0.39, 0.29) is 17.9 Å². The lowest BCUT2D eigenvalue weighted by atomic mass is 10.2. The third-order valence-electron chi connectivity index (χ3n) is 2.40. The van der Waals surface area contributed by atoms with Crippen LogP contribution in [-0.2, 0) is 14.3 Å². The van der Waals surface area contributed by atoms with E-state index < -0.39 is 12.1 Å². The van der Waals surface area contributed by atoms with E-state index in [0.717, 1.165) is 6.54 Å². The van der Waals surface area contributed by atoms with E-state index >= 15 is 0 Å². The lowest BCUT2D eigenvalue weighted by molar-refractivity contribution is -0.137. The summed E-state index contributed by atoms with van der Waals surface area (Å²) in [6.45, 7) is 7.18. The van der Waals surface area contributed by atoms with Crippen LogP contribution in [0.25, 0.3) is 0 Å². The van der Waals surface area contributed by atoms with Gasteiger partial charge >= 0.3 is 0 Å². The number of nitrogens with one attached hydrogen (secondary N) is 3. The van der Waals surface area contributed by atoms with E-state index in [0.29, 0.717) is 13.2 Å². The summed E-state index contributed by atoms with van der Waals surface area (Å²) in [6, 6.07) is -0.482. The van der Waals surface area contributed by atoms with Crippen molar-refractivity contribution in [2.75, 3.05) is 19.7 Å². The zero-order chi connectivity index (χ0) is 12.8. The van der Waals surface area contributed by atoms with Gasteiger partial charge in [0.15, 0.2) is 0 Å². The van der Waals surface area contributed by atoms with Gasteiger partial charge in [0.25, 0.3) is 5.91 Å². The SMILES string of the molecule is CC(C)NC(=O)C(C)NC(=O)C1CNCCO1. The smallest absolute Gasteiger partial charge is 0.251 e. The molecule has 3 N–H and O–H groups in total. The van der Waals surface area contributed by atoms with Gasteiger partial charge in [-0.2, -0.15) is 0 Å². The Morgan fingerprint density at radius 1 is 1.29 bits per heavy atom. The molecule has 1 fully saturated rings. The van der Waals surface area contributed by atoms with Crippen LogP contribution in [0.3, 0.4) is 0 Å². The molecule has 0 aromatic rings. The standard InChI is InChI=1S/C11H21N3O3/c1-7(2)13-10(15)8(3)14-11(16)9-6-12-4-5-17-9/h7-9,12H,4-6H2,1-3H3,(H,13,15)(H,14,16). The van der Waals surface area contributed by atoms with Crippen LogP contribution in [0.5, 0.6) is 0 Å². The maximum atomic E-state index is 11.7. The average molecular weight is 243 g/mol. The summed E-state index contributed by atoms with van der Waals surface area (Å²) in [7, 11) is 0. The number of carbonyl (C=O) groups excluding carboxylic acids is 2. The molecule has 0 saturated carbocycles. The van der Waals surface area contributed by atoms with Gasteiger partial charge in [-0.25, -0.2) is 0 Å². The fraction of sp³-hybridized carbons (Fsp3) is 0.818. The van der Waals surface area contributed by atoms with Crippen LogP contribution in [-0.4, -0.2) is 49.7 Å². The van der Waals surface area contributed by atoms with E-state index in [2.05, 4.69) is 16.0 Å². The molecule has 2 unspecified atom stereocenters. The molecule has 1 saturated heterocycles. The first-order chi connectivity index (χ1) is 8.00. The second-order valence-corrected chi connectivity index (χ2v) is 4.46. The molecule has 6 nitrogen and oxygen atoms in total. The fourth-order valence-electron chi connectivity index (χ4n) is 1.52. The first-order valence-electron chi connectivity index (χ1n) is 5.93. The minimum atomic E-state index is -0.546. The molecule has 6 heteroatoms. The van der Waals surface area contributed by atoms with Crippen LogP contribution in [0.1, 0.15) is 20.8 Å². The molecular formula is C11H21N3O3. The van der Waals surface area contributed by atoms with Crippen LogP contribution in [0.2, 0.25) is 0 Å². The zero-order valence-corrected chi connectivity index (χ0v) is 10.6. The molecule has 2 amide bonds. The molecule has 0 bridgehead atoms. The highest BCUT2D eigenvalue weighted by molar-refractivity contribution is 5.89. The van der Waals surface area contributed by atoms with E-state index in [1.807, 2.05) is 13.8 Å². The number of amides is 2. The number of morpholine rings is 1. The Morgan fingerprint density at radius 2 is 2.00 bits per heavy atom. The summed E-state index contributed by atoms with van der Waals surface area (Å²) in [5, 5.41) is 8.44. The monoisotopic (exact) mass is 243 g/mol. The quantitative estimate of drug-likeness (QED) is 0.592. The van der Waals surface area contributed by atoms with E-state index in [1.54, 1.807) is 6.92 Å². The molecule has 1 aliphatic rings. The molecule has 0 aliphatic carbocycles. The molecule has 0 spiro atoms. The molecule has 98 valence electrons. The molecule has 0 radical (unpaired) electrons. The summed E-state index contributed by atoms with van der Waals surface area (Å²) in [6.07, 6.45) is -0.502. The summed E-state index contributed by atoms with van der Waals surface area (Å²) >= 11 is 0. The number of carbonyl (C=O) groups is 2. The third kappa shape index (κ3) is 4.70. The molecule has 2 atom stereocenters. The normalized spacial score (nSPS) is 22.0. The first kappa shape index (κ1) is 13.9. The van der Waals surface area contributed by atoms with Gasteiger partial charge < -0.3 is 20.7 Å². The third-order valence-corrected chi connectivity index (χ3v) is 2.40. The number of hydrogen-bond donors (Lipinski definition) is 3. The van der Waals surface area contributed by atoms with Crippen molar-refractivity contribution in [1.29, 1.82) is 0 Å². The number of rotatable bonds is 4. The van der Waals surface area contributed by atoms with Crippen molar-refractivity contribution in [3.05, 3.63) is 0 Å². The van der Waals surface area contributed by atoms with Gasteiger partial charge in [0.2, 0.25) is 5.91 Å². The van der Waals surface area contributed by atoms with Crippen LogP contribution in [0.4, 0.5) is 0 Å². The molecular weight excluding hydrogens is 222 g/mol. The van der Waals surface area contributed by atoms with Crippen LogP contribution < -0.4 is 16.0 Å². The minimum Gasteiger partial charge on any atom is -0.366 e. The largest absolute Gasteiger partial charge is 0.366 e. The zero-order valence-electron chi connectivity index (χ0n) is 10.6. The minimum absolute atomic E-state index is 0.0643. The van der Waals surface area contributed by atoms with Crippen LogP contribution >= 0.6 is 0 Å². The van der Waals surface area contributed by atoms with Crippen molar-refractivity contribution in [2.24, 2.45) is 0 Å². The number of ether oxygens (including phenoxy) is 1. The predicted octanol–water partition coefficient (Wildman–Crippen LogP) is -0.996. The number of hydrogen-bond acceptors (Lipinski definition) is 4. The predicted molar refractivity (Wildman–Crippen MR) is 63.5 cm³/mol. The Morgan fingerprint density at radius 3 is 2.53 bits per heavy atom. The van der Waals surface area contributed by atoms with Crippen molar-refractivity contribution < 1.29 is 14.3 Å². The van der Waals surface area contributed by atoms with Crippen molar-refractivity contribution in [3.63, 3.8) is 0 Å². The summed E-state index contributed by atoms with van der Waals surface area (Å²) in [4.78, 5) is 23.3. The van der Waals surface area contributed by atoms with Crippen molar-refractivity contribution >= 4 is 11.8 Å². The molecule has 17 heavy (non-hydrogen) atoms. The highest BCUT2D eigenvalue weighted by atomic mass is 16.5. The van der Waals surface area contributed by atoms with Gasteiger partial charge in [-0.1, -0.05) is 0 Å². The van der Waals surface area contributed by atoms with Crippen molar-refractivity contribution in [3.8, 4) is 0 Å². The van der Waals surface area contributed by atoms with Gasteiger partial charge in [-0.15, -0.1) is 0 Å². The lowest BCUT2D eigenvalue weighted by Crippen LogP contribution is -2.53. The molecule has 0 aromatic heterocycles. The van der Waals surface area contributed by atoms with E-state index in [1.165, 1.54) is 0 Å². The molecule has 0 aromatic carbocycles. The van der Waals surface area contributed by atoms with Crippen molar-refractivity contribution in [1.82, 2.24) is 16.0 Å². The average Bonchev–Trinajstić information content (AvgIpc) is 2.29. The molecule has 1 aliphatic heterocycles. The van der Waals surface area contributed by atoms with E-state index in [4.69, 9.17) is 4.74 Å². The fourth-order valence-corrected chi connectivity index (χ4v) is 1.52. The first-order valence-corrected chi connectivity index (χ1v) is 5.93. The van der Waals surface area contributed by atoms with Gasteiger partial charge in [-0.05, 0) is 20.8 Å². The second-order valence-electron chi connectivity index (χ2n) is 4.46. The van der Waals surface area contributed by atoms with E-state index in [9.17, 15) is 9.59 Å². The Labute approximate surface area is 101 Å². The van der Waals surface area contributed by atoms with Crippen LogP contribution in [0, 0.1) is 0 Å². The maximum Gasteiger partial charge on any atom is 0.251 e. The summed E-state index contributed by atoms with van der Waals surface area (Å²) in [5.74, 6) is -0.430. The molecule has 1 heterocycles. The van der Waals surface area contributed by atoms with Gasteiger partial charge in [0.1, 0.15) is 12.1 Å². The maximum absolute atomic E-state index is 11.7. The Kier molecular flexibility index (Phi) is 5.37. The van der Waals surface area contributed by atoms with Crippen LogP contribution in [0.15, 0.2) is 0 Å². The van der Waals surface area contributed by atoms with Gasteiger partial charge in [0, 0.05) is 19.1 Å². The van der Waals surface area contributed by atoms with Gasteiger partial charge in [0.05, 0.1) is 6.61 Å². The summed E-state index contributed by atoms with van der Waals surface area (Å²) < 4.78 is 5.30. The van der Waals surface area contributed by atoms with Gasteiger partial charge in [-0.3, -0.25) is 9.59 Å².